The molecule has 3 heterocycles. The molecule has 27 heavy (non-hydrogen) atoms. The molecule has 2 aromatic heterocycles. The van der Waals surface area contributed by atoms with Gasteiger partial charge < -0.3 is 14.6 Å². The summed E-state index contributed by atoms with van der Waals surface area (Å²) < 4.78 is 5.78. The fourth-order valence-electron chi connectivity index (χ4n) is 4.23. The molecule has 1 amide bonds. The van der Waals surface area contributed by atoms with E-state index >= 15 is 0 Å². The van der Waals surface area contributed by atoms with Crippen LogP contribution in [0.2, 0.25) is 0 Å². The lowest BCUT2D eigenvalue weighted by atomic mass is 9.93. The molecule has 1 spiro atoms. The van der Waals surface area contributed by atoms with E-state index in [1.54, 1.807) is 0 Å². The van der Waals surface area contributed by atoms with E-state index in [2.05, 4.69) is 20.5 Å². The molecule has 0 unspecified atom stereocenters. The molecule has 2 saturated carbocycles. The number of carbonyl (C=O) groups excluding carboxylic acids is 1. The second-order valence-corrected chi connectivity index (χ2v) is 8.34. The average molecular weight is 367 g/mol. The first kappa shape index (κ1) is 16.7. The second-order valence-electron chi connectivity index (χ2n) is 8.34. The first-order valence-electron chi connectivity index (χ1n) is 9.93. The summed E-state index contributed by atoms with van der Waals surface area (Å²) in [6, 6.07) is 5.91. The molecular weight excluding hydrogens is 342 g/mol. The Bertz CT molecular complexity index is 822. The van der Waals surface area contributed by atoms with Crippen molar-refractivity contribution in [2.75, 3.05) is 18.4 Å². The van der Waals surface area contributed by atoms with E-state index in [9.17, 15) is 4.79 Å². The van der Waals surface area contributed by atoms with Crippen molar-refractivity contribution in [2.45, 2.75) is 56.9 Å². The van der Waals surface area contributed by atoms with Crippen LogP contribution >= 0.6 is 0 Å². The van der Waals surface area contributed by atoms with Crippen molar-refractivity contribution >= 4 is 11.9 Å². The molecule has 2 aromatic rings. The van der Waals surface area contributed by atoms with Gasteiger partial charge in [-0.3, -0.25) is 9.78 Å². The zero-order chi connectivity index (χ0) is 18.4. The average Bonchev–Trinajstić information content (AvgIpc) is 3.61. The molecule has 7 nitrogen and oxygen atoms in total. The van der Waals surface area contributed by atoms with Crippen LogP contribution in [-0.4, -0.2) is 45.1 Å². The molecule has 1 N–H and O–H groups in total. The standard InChI is InChI=1S/C20H25N5O2/c1-13(18(26)25-10-7-20(5-6-20)8-11-25)22-19-24-23-17(27-19)15-12-14(15)16-4-2-3-9-21-16/h2-4,9,13-15H,5-8,10-12H2,1H3,(H,22,24)/t13-,14+,15-/m1/s1. The number of likely N-dealkylation sites (tertiary alicyclic amines) is 1. The molecule has 3 aliphatic rings. The number of amides is 1. The third-order valence-corrected chi connectivity index (χ3v) is 6.42. The third kappa shape index (κ3) is 3.31. The van der Waals surface area contributed by atoms with Gasteiger partial charge in [0.25, 0.3) is 0 Å². The SMILES string of the molecule is C[C@@H](Nc1nnc([C@@H]2C[C@@H]2c2ccccn2)o1)C(=O)N1CCC2(CC1)CC2. The number of nitrogens with zero attached hydrogens (tertiary/aromatic N) is 4. The number of piperidine rings is 1. The Morgan fingerprint density at radius 1 is 1.22 bits per heavy atom. The van der Waals surface area contributed by atoms with E-state index < -0.39 is 0 Å². The van der Waals surface area contributed by atoms with E-state index in [4.69, 9.17) is 4.42 Å². The lowest BCUT2D eigenvalue weighted by molar-refractivity contribution is -0.133. The van der Waals surface area contributed by atoms with E-state index in [0.717, 1.165) is 38.0 Å². The minimum absolute atomic E-state index is 0.114. The quantitative estimate of drug-likeness (QED) is 0.875. The smallest absolute Gasteiger partial charge is 0.316 e. The normalized spacial score (nSPS) is 26.6. The molecule has 3 atom stereocenters. The number of aromatic nitrogens is 3. The van der Waals surface area contributed by atoms with Gasteiger partial charge in [0.1, 0.15) is 6.04 Å². The molecule has 0 bridgehead atoms. The Hall–Kier alpha value is -2.44. The Morgan fingerprint density at radius 2 is 2.04 bits per heavy atom. The second kappa shape index (κ2) is 6.32. The number of carbonyl (C=O) groups is 1. The summed E-state index contributed by atoms with van der Waals surface area (Å²) >= 11 is 0. The van der Waals surface area contributed by atoms with Crippen molar-refractivity contribution in [3.8, 4) is 0 Å². The van der Waals surface area contributed by atoms with Crippen molar-refractivity contribution < 1.29 is 9.21 Å². The molecule has 3 fully saturated rings. The minimum Gasteiger partial charge on any atom is -0.408 e. The van der Waals surface area contributed by atoms with Crippen LogP contribution in [0.4, 0.5) is 6.01 Å². The summed E-state index contributed by atoms with van der Waals surface area (Å²) in [6.45, 7) is 3.60. The van der Waals surface area contributed by atoms with Crippen LogP contribution in [0.1, 0.15) is 62.4 Å². The van der Waals surface area contributed by atoms with Crippen LogP contribution in [0.5, 0.6) is 0 Å². The van der Waals surface area contributed by atoms with E-state index in [1.807, 2.05) is 36.2 Å². The molecule has 7 heteroatoms. The Kier molecular flexibility index (Phi) is 3.91. The van der Waals surface area contributed by atoms with Crippen molar-refractivity contribution in [1.82, 2.24) is 20.1 Å². The van der Waals surface area contributed by atoms with Crippen LogP contribution in [0.3, 0.4) is 0 Å². The van der Waals surface area contributed by atoms with Crippen LogP contribution in [0, 0.1) is 5.41 Å². The third-order valence-electron chi connectivity index (χ3n) is 6.42. The van der Waals surface area contributed by atoms with E-state index in [0.29, 0.717) is 23.2 Å². The molecular formula is C20H25N5O2. The molecule has 142 valence electrons. The number of anilines is 1. The number of nitrogens with one attached hydrogen (secondary N) is 1. The summed E-state index contributed by atoms with van der Waals surface area (Å²) in [5.74, 6) is 1.32. The lowest BCUT2D eigenvalue weighted by Crippen LogP contribution is -2.45. The Morgan fingerprint density at radius 3 is 2.74 bits per heavy atom. The molecule has 0 radical (unpaired) electrons. The van der Waals surface area contributed by atoms with Gasteiger partial charge in [0.2, 0.25) is 11.8 Å². The topological polar surface area (TPSA) is 84.1 Å². The Balaban J connectivity index is 1.17. The van der Waals surface area contributed by atoms with E-state index in [-0.39, 0.29) is 17.9 Å². The molecule has 1 aliphatic heterocycles. The maximum atomic E-state index is 12.7. The van der Waals surface area contributed by atoms with Crippen LogP contribution in [-0.2, 0) is 4.79 Å². The molecule has 5 rings (SSSR count). The fraction of sp³-hybridized carbons (Fsp3) is 0.600. The highest BCUT2D eigenvalue weighted by atomic mass is 16.4. The Labute approximate surface area is 158 Å². The fourth-order valence-corrected chi connectivity index (χ4v) is 4.23. The minimum atomic E-state index is -0.364. The van der Waals surface area contributed by atoms with Gasteiger partial charge in [0, 0.05) is 36.8 Å². The molecule has 0 aromatic carbocycles. The lowest BCUT2D eigenvalue weighted by Gasteiger charge is -2.33. The molecule has 2 aliphatic carbocycles. The van der Waals surface area contributed by atoms with Crippen LogP contribution in [0.15, 0.2) is 28.8 Å². The largest absolute Gasteiger partial charge is 0.408 e. The number of hydrogen-bond acceptors (Lipinski definition) is 6. The van der Waals surface area contributed by atoms with Gasteiger partial charge in [-0.05, 0) is 56.6 Å². The van der Waals surface area contributed by atoms with Crippen molar-refractivity contribution in [2.24, 2.45) is 5.41 Å². The summed E-state index contributed by atoms with van der Waals surface area (Å²) in [4.78, 5) is 19.1. The predicted molar refractivity (Wildman–Crippen MR) is 99.2 cm³/mol. The van der Waals surface area contributed by atoms with Crippen LogP contribution < -0.4 is 5.32 Å². The zero-order valence-electron chi connectivity index (χ0n) is 15.6. The summed E-state index contributed by atoms with van der Waals surface area (Å²) in [5.41, 5.74) is 1.64. The van der Waals surface area contributed by atoms with Crippen LogP contribution in [0.25, 0.3) is 0 Å². The molecule has 1 saturated heterocycles. The number of pyridine rings is 1. The summed E-state index contributed by atoms with van der Waals surface area (Å²) in [6.07, 6.45) is 7.76. The monoisotopic (exact) mass is 367 g/mol. The van der Waals surface area contributed by atoms with Gasteiger partial charge in [-0.15, -0.1) is 5.10 Å². The number of rotatable bonds is 5. The van der Waals surface area contributed by atoms with Crippen molar-refractivity contribution in [3.63, 3.8) is 0 Å². The first-order valence-corrected chi connectivity index (χ1v) is 9.93. The van der Waals surface area contributed by atoms with Crippen molar-refractivity contribution in [1.29, 1.82) is 0 Å². The van der Waals surface area contributed by atoms with E-state index in [1.165, 1.54) is 12.8 Å². The van der Waals surface area contributed by atoms with Gasteiger partial charge in [0.15, 0.2) is 0 Å². The highest BCUT2D eigenvalue weighted by Gasteiger charge is 2.46. The van der Waals surface area contributed by atoms with Gasteiger partial charge >= 0.3 is 6.01 Å². The predicted octanol–water partition coefficient (Wildman–Crippen LogP) is 2.94. The van der Waals surface area contributed by atoms with Gasteiger partial charge in [-0.2, -0.15) is 0 Å². The highest BCUT2D eigenvalue weighted by Crippen LogP contribution is 2.54. The maximum Gasteiger partial charge on any atom is 0.316 e. The van der Waals surface area contributed by atoms with Gasteiger partial charge in [-0.1, -0.05) is 11.2 Å². The van der Waals surface area contributed by atoms with Gasteiger partial charge in [0.05, 0.1) is 0 Å². The number of hydrogen-bond donors (Lipinski definition) is 1. The summed E-state index contributed by atoms with van der Waals surface area (Å²) in [5, 5.41) is 11.3. The highest BCUT2D eigenvalue weighted by molar-refractivity contribution is 5.83. The maximum absolute atomic E-state index is 12.7. The zero-order valence-corrected chi connectivity index (χ0v) is 15.6. The summed E-state index contributed by atoms with van der Waals surface area (Å²) in [7, 11) is 0. The van der Waals surface area contributed by atoms with Gasteiger partial charge in [-0.25, -0.2) is 0 Å². The van der Waals surface area contributed by atoms with Crippen molar-refractivity contribution in [3.05, 3.63) is 36.0 Å². The first-order chi connectivity index (χ1) is 13.1.